The quantitative estimate of drug-likeness (QED) is 0.731. The van der Waals surface area contributed by atoms with Crippen LogP contribution in [-0.2, 0) is 18.4 Å². The number of aryl methyl sites for hydroxylation is 1. The average molecular weight is 381 g/mol. The van der Waals surface area contributed by atoms with E-state index in [1.807, 2.05) is 30.3 Å². The predicted molar refractivity (Wildman–Crippen MR) is 103 cm³/mol. The van der Waals surface area contributed by atoms with Gasteiger partial charge in [-0.15, -0.1) is 0 Å². The molecule has 0 bridgehead atoms. The Hall–Kier alpha value is -3.00. The van der Waals surface area contributed by atoms with Crippen molar-refractivity contribution in [2.45, 2.75) is 25.5 Å². The van der Waals surface area contributed by atoms with Gasteiger partial charge in [0.2, 0.25) is 5.91 Å². The SMILES string of the molecule is Cn1ncc2c(=O)n(CC(=O)N3CCC(C(O)c4ccccc4)CC3)cnc21. The maximum Gasteiger partial charge on any atom is 0.264 e. The van der Waals surface area contributed by atoms with E-state index < -0.39 is 6.10 Å². The van der Waals surface area contributed by atoms with Gasteiger partial charge in [0.05, 0.1) is 12.3 Å². The Balaban J connectivity index is 1.39. The normalized spacial score (nSPS) is 16.4. The van der Waals surface area contributed by atoms with Gasteiger partial charge in [-0.05, 0) is 24.3 Å². The largest absolute Gasteiger partial charge is 0.388 e. The van der Waals surface area contributed by atoms with Gasteiger partial charge in [-0.3, -0.25) is 18.8 Å². The van der Waals surface area contributed by atoms with Crippen molar-refractivity contribution >= 4 is 16.9 Å². The zero-order valence-electron chi connectivity index (χ0n) is 15.7. The number of amides is 1. The first-order valence-electron chi connectivity index (χ1n) is 9.42. The second-order valence-electron chi connectivity index (χ2n) is 7.26. The molecule has 0 spiro atoms. The standard InChI is InChI=1S/C20H23N5O3/c1-23-19-16(11-22-23)20(28)25(13-21-19)12-17(26)24-9-7-15(8-10-24)18(27)14-5-3-2-4-6-14/h2-6,11,13,15,18,27H,7-10,12H2,1H3. The van der Waals surface area contributed by atoms with Crippen LogP contribution in [0.3, 0.4) is 0 Å². The van der Waals surface area contributed by atoms with E-state index in [1.54, 1.807) is 11.9 Å². The number of carbonyl (C=O) groups excluding carboxylic acids is 1. The summed E-state index contributed by atoms with van der Waals surface area (Å²) in [6.07, 6.45) is 3.82. The van der Waals surface area contributed by atoms with E-state index in [0.717, 1.165) is 18.4 Å². The summed E-state index contributed by atoms with van der Waals surface area (Å²) in [6.45, 7) is 1.11. The number of aliphatic hydroxyl groups is 1. The van der Waals surface area contributed by atoms with Crippen LogP contribution in [-0.4, -0.2) is 48.3 Å². The number of aliphatic hydroxyl groups excluding tert-OH is 1. The molecule has 8 heteroatoms. The number of fused-ring (bicyclic) bond motifs is 1. The molecule has 1 N–H and O–H groups in total. The summed E-state index contributed by atoms with van der Waals surface area (Å²) in [5, 5.41) is 15.0. The fraction of sp³-hybridized carbons (Fsp3) is 0.400. The second-order valence-corrected chi connectivity index (χ2v) is 7.26. The van der Waals surface area contributed by atoms with Gasteiger partial charge in [0, 0.05) is 20.1 Å². The fourth-order valence-electron chi connectivity index (χ4n) is 3.81. The monoisotopic (exact) mass is 381 g/mol. The highest BCUT2D eigenvalue weighted by atomic mass is 16.3. The molecule has 1 aliphatic rings. The maximum atomic E-state index is 12.7. The van der Waals surface area contributed by atoms with Crippen molar-refractivity contribution in [1.29, 1.82) is 0 Å². The van der Waals surface area contributed by atoms with Gasteiger partial charge in [0.1, 0.15) is 18.3 Å². The van der Waals surface area contributed by atoms with Crippen molar-refractivity contribution in [2.24, 2.45) is 13.0 Å². The molecule has 3 heterocycles. The van der Waals surface area contributed by atoms with Crippen LogP contribution < -0.4 is 5.56 Å². The van der Waals surface area contributed by atoms with Crippen LogP contribution in [0.25, 0.3) is 11.0 Å². The topological polar surface area (TPSA) is 93.2 Å². The highest BCUT2D eigenvalue weighted by Crippen LogP contribution is 2.30. The van der Waals surface area contributed by atoms with E-state index in [9.17, 15) is 14.7 Å². The minimum atomic E-state index is -0.516. The minimum absolute atomic E-state index is 0.0391. The van der Waals surface area contributed by atoms with Crippen LogP contribution >= 0.6 is 0 Å². The lowest BCUT2D eigenvalue weighted by Gasteiger charge is -2.34. The van der Waals surface area contributed by atoms with Crippen molar-refractivity contribution in [3.63, 3.8) is 0 Å². The number of nitrogens with zero attached hydrogens (tertiary/aromatic N) is 5. The summed E-state index contributed by atoms with van der Waals surface area (Å²) in [6, 6.07) is 9.62. The van der Waals surface area contributed by atoms with E-state index in [4.69, 9.17) is 0 Å². The van der Waals surface area contributed by atoms with E-state index in [2.05, 4.69) is 10.1 Å². The van der Waals surface area contributed by atoms with E-state index in [0.29, 0.717) is 24.1 Å². The summed E-state index contributed by atoms with van der Waals surface area (Å²) in [5.41, 5.74) is 1.15. The number of likely N-dealkylation sites (tertiary alicyclic amines) is 1. The van der Waals surface area contributed by atoms with Crippen molar-refractivity contribution in [3.8, 4) is 0 Å². The molecule has 0 aliphatic carbocycles. The molecule has 1 amide bonds. The summed E-state index contributed by atoms with van der Waals surface area (Å²) in [5.74, 6) is 0.0161. The molecule has 2 aromatic heterocycles. The number of piperidine rings is 1. The Morgan fingerprint density at radius 3 is 2.68 bits per heavy atom. The third kappa shape index (κ3) is 3.43. The van der Waals surface area contributed by atoms with Gasteiger partial charge in [-0.1, -0.05) is 30.3 Å². The summed E-state index contributed by atoms with van der Waals surface area (Å²) >= 11 is 0. The summed E-state index contributed by atoms with van der Waals surface area (Å²) < 4.78 is 2.86. The van der Waals surface area contributed by atoms with E-state index in [-0.39, 0.29) is 23.9 Å². The van der Waals surface area contributed by atoms with Gasteiger partial charge in [-0.25, -0.2) is 4.98 Å². The molecule has 1 aromatic carbocycles. The number of rotatable bonds is 4. The number of hydrogen-bond donors (Lipinski definition) is 1. The maximum absolute atomic E-state index is 12.7. The lowest BCUT2D eigenvalue weighted by atomic mass is 9.87. The van der Waals surface area contributed by atoms with Crippen LogP contribution in [0.5, 0.6) is 0 Å². The average Bonchev–Trinajstić information content (AvgIpc) is 3.12. The highest BCUT2D eigenvalue weighted by molar-refractivity contribution is 5.77. The minimum Gasteiger partial charge on any atom is -0.388 e. The zero-order valence-corrected chi connectivity index (χ0v) is 15.7. The molecule has 0 saturated carbocycles. The number of carbonyl (C=O) groups is 1. The second kappa shape index (κ2) is 7.55. The molecule has 1 unspecified atom stereocenters. The first kappa shape index (κ1) is 18.4. The lowest BCUT2D eigenvalue weighted by Crippen LogP contribution is -2.42. The molecule has 4 rings (SSSR count). The van der Waals surface area contributed by atoms with Gasteiger partial charge >= 0.3 is 0 Å². The van der Waals surface area contributed by atoms with Crippen LogP contribution in [0, 0.1) is 5.92 Å². The molecular formula is C20H23N5O3. The molecule has 3 aromatic rings. The van der Waals surface area contributed by atoms with Crippen molar-refractivity contribution in [2.75, 3.05) is 13.1 Å². The third-order valence-corrected chi connectivity index (χ3v) is 5.50. The summed E-state index contributed by atoms with van der Waals surface area (Å²) in [7, 11) is 1.72. The molecular weight excluding hydrogens is 358 g/mol. The van der Waals surface area contributed by atoms with Crippen LogP contribution in [0.4, 0.5) is 0 Å². The molecule has 1 saturated heterocycles. The number of aromatic nitrogens is 4. The Bertz CT molecular complexity index is 1030. The Morgan fingerprint density at radius 1 is 1.25 bits per heavy atom. The van der Waals surface area contributed by atoms with Crippen LogP contribution in [0.15, 0.2) is 47.7 Å². The molecule has 0 radical (unpaired) electrons. The number of hydrogen-bond acceptors (Lipinski definition) is 5. The predicted octanol–water partition coefficient (Wildman–Crippen LogP) is 1.10. The number of benzene rings is 1. The molecule has 8 nitrogen and oxygen atoms in total. The van der Waals surface area contributed by atoms with Gasteiger partial charge < -0.3 is 10.0 Å². The zero-order chi connectivity index (χ0) is 19.7. The smallest absolute Gasteiger partial charge is 0.264 e. The van der Waals surface area contributed by atoms with Crippen molar-refractivity contribution < 1.29 is 9.90 Å². The lowest BCUT2D eigenvalue weighted by molar-refractivity contribution is -0.133. The molecule has 28 heavy (non-hydrogen) atoms. The highest BCUT2D eigenvalue weighted by Gasteiger charge is 2.28. The van der Waals surface area contributed by atoms with E-state index >= 15 is 0 Å². The van der Waals surface area contributed by atoms with Gasteiger partial charge in [0.25, 0.3) is 5.56 Å². The fourth-order valence-corrected chi connectivity index (χ4v) is 3.81. The van der Waals surface area contributed by atoms with Crippen LogP contribution in [0.1, 0.15) is 24.5 Å². The van der Waals surface area contributed by atoms with Gasteiger partial charge in [-0.2, -0.15) is 5.10 Å². The molecule has 1 fully saturated rings. The molecule has 1 atom stereocenters. The Kier molecular flexibility index (Phi) is 4.95. The summed E-state index contributed by atoms with van der Waals surface area (Å²) in [4.78, 5) is 31.2. The van der Waals surface area contributed by atoms with E-state index in [1.165, 1.54) is 21.8 Å². The molecule has 146 valence electrons. The molecule has 1 aliphatic heterocycles. The van der Waals surface area contributed by atoms with Gasteiger partial charge in [0.15, 0.2) is 5.65 Å². The first-order valence-corrected chi connectivity index (χ1v) is 9.42. The Labute approximate surface area is 162 Å². The Morgan fingerprint density at radius 2 is 1.96 bits per heavy atom. The third-order valence-electron chi connectivity index (χ3n) is 5.50. The van der Waals surface area contributed by atoms with Crippen molar-refractivity contribution in [3.05, 3.63) is 58.8 Å². The van der Waals surface area contributed by atoms with Crippen LogP contribution in [0.2, 0.25) is 0 Å². The first-order chi connectivity index (χ1) is 13.5. The van der Waals surface area contributed by atoms with Crippen molar-refractivity contribution in [1.82, 2.24) is 24.2 Å².